The van der Waals surface area contributed by atoms with Gasteiger partial charge in [0.15, 0.2) is 0 Å². The molecular weight excluding hydrogens is 328 g/mol. The molecule has 4 rings (SSSR count). The first-order chi connectivity index (χ1) is 12.6. The van der Waals surface area contributed by atoms with Crippen molar-refractivity contribution in [2.24, 2.45) is 0 Å². The highest BCUT2D eigenvalue weighted by atomic mass is 19.1. The Morgan fingerprint density at radius 2 is 1.46 bits per heavy atom. The Bertz CT molecular complexity index is 1040. The molecule has 0 saturated carbocycles. The fourth-order valence-electron chi connectivity index (χ4n) is 3.70. The number of benzene rings is 3. The molecule has 0 aliphatic heterocycles. The van der Waals surface area contributed by atoms with E-state index in [1.807, 2.05) is 18.2 Å². The number of halogens is 2. The molecule has 1 aliphatic carbocycles. The van der Waals surface area contributed by atoms with Crippen LogP contribution >= 0.6 is 0 Å². The fraction of sp³-hybridized carbons (Fsp3) is 0.174. The lowest BCUT2D eigenvalue weighted by Gasteiger charge is -2.21. The van der Waals surface area contributed by atoms with Crippen LogP contribution < -0.4 is 0 Å². The van der Waals surface area contributed by atoms with Crippen LogP contribution in [0, 0.1) is 23.0 Å². The second-order valence-electron chi connectivity index (χ2n) is 6.64. The third-order valence-electron chi connectivity index (χ3n) is 5.12. The van der Waals surface area contributed by atoms with Gasteiger partial charge in [-0.3, -0.25) is 0 Å². The van der Waals surface area contributed by atoms with E-state index in [2.05, 4.69) is 25.1 Å². The lowest BCUT2D eigenvalue weighted by Crippen LogP contribution is -2.05. The lowest BCUT2D eigenvalue weighted by molar-refractivity contribution is 0.577. The molecule has 0 atom stereocenters. The van der Waals surface area contributed by atoms with Gasteiger partial charge < -0.3 is 0 Å². The zero-order chi connectivity index (χ0) is 18.3. The summed E-state index contributed by atoms with van der Waals surface area (Å²) in [5, 5.41) is 8.82. The van der Waals surface area contributed by atoms with Gasteiger partial charge in [0.25, 0.3) is 0 Å². The quantitative estimate of drug-likeness (QED) is 0.573. The van der Waals surface area contributed by atoms with Gasteiger partial charge in [-0.1, -0.05) is 43.3 Å². The summed E-state index contributed by atoms with van der Waals surface area (Å²) in [5.41, 5.74) is 7.00. The lowest BCUT2D eigenvalue weighted by atomic mass is 9.83. The van der Waals surface area contributed by atoms with Crippen LogP contribution in [0.2, 0.25) is 0 Å². The highest BCUT2D eigenvalue weighted by Gasteiger charge is 2.18. The molecule has 3 heteroatoms. The van der Waals surface area contributed by atoms with Crippen LogP contribution in [0.3, 0.4) is 0 Å². The number of fused-ring (bicyclic) bond motifs is 3. The van der Waals surface area contributed by atoms with Crippen molar-refractivity contribution in [2.75, 3.05) is 0 Å². The van der Waals surface area contributed by atoms with Gasteiger partial charge in [-0.15, -0.1) is 0 Å². The van der Waals surface area contributed by atoms with E-state index in [4.69, 9.17) is 5.26 Å². The number of aryl methyl sites for hydroxylation is 3. The molecule has 0 heterocycles. The van der Waals surface area contributed by atoms with Crippen molar-refractivity contribution in [1.29, 1.82) is 5.26 Å². The predicted octanol–water partition coefficient (Wildman–Crippen LogP) is 5.83. The van der Waals surface area contributed by atoms with Gasteiger partial charge in [0, 0.05) is 0 Å². The first kappa shape index (κ1) is 16.5. The summed E-state index contributed by atoms with van der Waals surface area (Å²) >= 11 is 0. The molecule has 0 aromatic heterocycles. The normalized spacial score (nSPS) is 12.2. The second kappa shape index (κ2) is 6.38. The summed E-state index contributed by atoms with van der Waals surface area (Å²) in [7, 11) is 0. The SMILES string of the molecule is CCc1ccc2c(c1)CCc1cc(-c3cc(F)c(C#N)c(F)c3)ccc1-2. The van der Waals surface area contributed by atoms with Crippen LogP contribution in [-0.2, 0) is 19.3 Å². The molecule has 0 bridgehead atoms. The van der Waals surface area contributed by atoms with Crippen LogP contribution in [0.4, 0.5) is 8.78 Å². The molecule has 1 aliphatic rings. The van der Waals surface area contributed by atoms with Crippen molar-refractivity contribution in [3.05, 3.63) is 82.4 Å². The highest BCUT2D eigenvalue weighted by molar-refractivity contribution is 5.77. The number of hydrogen-bond donors (Lipinski definition) is 0. The van der Waals surface area contributed by atoms with Crippen molar-refractivity contribution in [1.82, 2.24) is 0 Å². The van der Waals surface area contributed by atoms with E-state index in [1.165, 1.54) is 39.9 Å². The predicted molar refractivity (Wildman–Crippen MR) is 98.7 cm³/mol. The average molecular weight is 345 g/mol. The van der Waals surface area contributed by atoms with Crippen LogP contribution in [0.1, 0.15) is 29.2 Å². The fourth-order valence-corrected chi connectivity index (χ4v) is 3.70. The summed E-state index contributed by atoms with van der Waals surface area (Å²) in [4.78, 5) is 0. The van der Waals surface area contributed by atoms with E-state index in [-0.39, 0.29) is 0 Å². The third-order valence-corrected chi connectivity index (χ3v) is 5.12. The summed E-state index contributed by atoms with van der Waals surface area (Å²) in [5.74, 6) is -1.64. The summed E-state index contributed by atoms with van der Waals surface area (Å²) < 4.78 is 27.9. The van der Waals surface area contributed by atoms with Crippen molar-refractivity contribution in [2.45, 2.75) is 26.2 Å². The molecule has 1 nitrogen and oxygen atoms in total. The molecule has 0 saturated heterocycles. The van der Waals surface area contributed by atoms with E-state index in [9.17, 15) is 8.78 Å². The maximum absolute atomic E-state index is 13.9. The molecule has 0 radical (unpaired) electrons. The van der Waals surface area contributed by atoms with Crippen LogP contribution in [-0.4, -0.2) is 0 Å². The topological polar surface area (TPSA) is 23.8 Å². The largest absolute Gasteiger partial charge is 0.205 e. The first-order valence-corrected chi connectivity index (χ1v) is 8.75. The molecule has 0 spiro atoms. The smallest absolute Gasteiger partial charge is 0.144 e. The Morgan fingerprint density at radius 3 is 2.08 bits per heavy atom. The van der Waals surface area contributed by atoms with Gasteiger partial charge in [-0.05, 0) is 70.3 Å². The molecule has 0 unspecified atom stereocenters. The molecule has 0 fully saturated rings. The Labute approximate surface area is 151 Å². The van der Waals surface area contributed by atoms with E-state index in [0.29, 0.717) is 5.56 Å². The van der Waals surface area contributed by atoms with Gasteiger partial charge in [0.2, 0.25) is 0 Å². The molecule has 26 heavy (non-hydrogen) atoms. The van der Waals surface area contributed by atoms with Crippen LogP contribution in [0.15, 0.2) is 48.5 Å². The summed E-state index contributed by atoms with van der Waals surface area (Å²) in [6.45, 7) is 2.15. The number of hydrogen-bond acceptors (Lipinski definition) is 1. The van der Waals surface area contributed by atoms with E-state index in [1.54, 1.807) is 6.07 Å². The van der Waals surface area contributed by atoms with Crippen molar-refractivity contribution < 1.29 is 8.78 Å². The van der Waals surface area contributed by atoms with Gasteiger partial charge >= 0.3 is 0 Å². The number of nitrogens with zero attached hydrogens (tertiary/aromatic N) is 1. The maximum Gasteiger partial charge on any atom is 0.144 e. The number of nitriles is 1. The molecule has 0 amide bonds. The maximum atomic E-state index is 13.9. The summed E-state index contributed by atoms with van der Waals surface area (Å²) in [6.07, 6.45) is 2.90. The second-order valence-corrected chi connectivity index (χ2v) is 6.64. The molecule has 3 aromatic rings. The van der Waals surface area contributed by atoms with Gasteiger partial charge in [-0.2, -0.15) is 5.26 Å². The molecule has 128 valence electrons. The molecule has 0 N–H and O–H groups in total. The van der Waals surface area contributed by atoms with Crippen molar-refractivity contribution >= 4 is 0 Å². The van der Waals surface area contributed by atoms with Crippen molar-refractivity contribution in [3.63, 3.8) is 0 Å². The van der Waals surface area contributed by atoms with Crippen LogP contribution in [0.25, 0.3) is 22.3 Å². The Hall–Kier alpha value is -2.99. The minimum atomic E-state index is -0.822. The first-order valence-electron chi connectivity index (χ1n) is 8.75. The van der Waals surface area contributed by atoms with E-state index >= 15 is 0 Å². The Balaban J connectivity index is 1.79. The molecule has 3 aromatic carbocycles. The Kier molecular flexibility index (Phi) is 4.05. The van der Waals surface area contributed by atoms with Gasteiger partial charge in [0.05, 0.1) is 0 Å². The highest BCUT2D eigenvalue weighted by Crippen LogP contribution is 2.36. The van der Waals surface area contributed by atoms with E-state index < -0.39 is 17.2 Å². The zero-order valence-corrected chi connectivity index (χ0v) is 14.4. The standard InChI is InChI=1S/C23H17F2N/c1-2-14-3-7-19-16(9-14)4-5-17-10-15(6-8-20(17)19)18-11-22(24)21(13-26)23(25)12-18/h3,6-12H,2,4-5H2,1H3. The molecular formula is C23H17F2N. The number of rotatable bonds is 2. The van der Waals surface area contributed by atoms with Gasteiger partial charge in [0.1, 0.15) is 23.3 Å². The van der Waals surface area contributed by atoms with Crippen LogP contribution in [0.5, 0.6) is 0 Å². The zero-order valence-electron chi connectivity index (χ0n) is 14.4. The van der Waals surface area contributed by atoms with E-state index in [0.717, 1.165) is 24.8 Å². The summed E-state index contributed by atoms with van der Waals surface area (Å²) in [6, 6.07) is 16.6. The third kappa shape index (κ3) is 2.68. The Morgan fingerprint density at radius 1 is 0.846 bits per heavy atom. The monoisotopic (exact) mass is 345 g/mol. The minimum absolute atomic E-state index is 0.453. The minimum Gasteiger partial charge on any atom is -0.205 e. The average Bonchev–Trinajstić information content (AvgIpc) is 2.66. The van der Waals surface area contributed by atoms with Gasteiger partial charge in [-0.25, -0.2) is 8.78 Å². The van der Waals surface area contributed by atoms with Crippen molar-refractivity contribution in [3.8, 4) is 28.3 Å².